The molecular weight excluding hydrogens is 384 g/mol. The fourth-order valence-electron chi connectivity index (χ4n) is 4.33. The van der Waals surface area contributed by atoms with E-state index in [9.17, 15) is 4.79 Å². The van der Waals surface area contributed by atoms with E-state index in [-0.39, 0.29) is 5.91 Å². The molecule has 1 aliphatic rings. The summed E-state index contributed by atoms with van der Waals surface area (Å²) in [6.07, 6.45) is 6.99. The van der Waals surface area contributed by atoms with Crippen LogP contribution in [0.1, 0.15) is 58.6 Å². The predicted molar refractivity (Wildman–Crippen MR) is 126 cm³/mol. The first-order valence-electron chi connectivity index (χ1n) is 11.3. The summed E-state index contributed by atoms with van der Waals surface area (Å²) in [6.45, 7) is 7.49. The van der Waals surface area contributed by atoms with Gasteiger partial charge < -0.3 is 14.8 Å². The van der Waals surface area contributed by atoms with Gasteiger partial charge in [0.2, 0.25) is 0 Å². The molecule has 0 bridgehead atoms. The van der Waals surface area contributed by atoms with Gasteiger partial charge in [-0.05, 0) is 49.9 Å². The molecule has 1 amide bonds. The van der Waals surface area contributed by atoms with Gasteiger partial charge in [-0.2, -0.15) is 0 Å². The highest BCUT2D eigenvalue weighted by Crippen LogP contribution is 2.19. The van der Waals surface area contributed by atoms with Crippen molar-refractivity contribution in [2.45, 2.75) is 52.6 Å². The normalized spacial score (nSPS) is 14.3. The molecule has 1 N–H and O–H groups in total. The molecule has 1 saturated heterocycles. The quantitative estimate of drug-likeness (QED) is 0.624. The lowest BCUT2D eigenvalue weighted by molar-refractivity contribution is 0.0950. The third-order valence-electron chi connectivity index (χ3n) is 6.19. The van der Waals surface area contributed by atoms with Crippen LogP contribution in [-0.4, -0.2) is 28.5 Å². The number of nitrogens with one attached hydrogen (secondary N) is 1. The van der Waals surface area contributed by atoms with E-state index in [1.54, 1.807) is 0 Å². The standard InChI is InChI=1S/C26H32N4O/c1-20-16-24(21(2)30(20)19-22-10-6-5-7-11-22)26(31)28-18-23-12-13-25(27-17-23)29-14-8-3-4-9-15-29/h5-7,10-13,16-17H,3-4,8-9,14-15,18-19H2,1-2H3,(H,28,31). The van der Waals surface area contributed by atoms with E-state index >= 15 is 0 Å². The topological polar surface area (TPSA) is 50.2 Å². The first kappa shape index (κ1) is 21.2. The molecule has 162 valence electrons. The van der Waals surface area contributed by atoms with Crippen molar-refractivity contribution in [3.8, 4) is 0 Å². The largest absolute Gasteiger partial charge is 0.357 e. The average molecular weight is 417 g/mol. The monoisotopic (exact) mass is 416 g/mol. The Bertz CT molecular complexity index is 1000. The van der Waals surface area contributed by atoms with Gasteiger partial charge in [-0.3, -0.25) is 4.79 Å². The Morgan fingerprint density at radius 1 is 0.968 bits per heavy atom. The number of benzene rings is 1. The number of anilines is 1. The molecule has 3 heterocycles. The summed E-state index contributed by atoms with van der Waals surface area (Å²) in [5, 5.41) is 3.06. The average Bonchev–Trinajstić information content (AvgIpc) is 2.97. The molecule has 0 unspecified atom stereocenters. The number of rotatable bonds is 6. The van der Waals surface area contributed by atoms with Gasteiger partial charge >= 0.3 is 0 Å². The van der Waals surface area contributed by atoms with Crippen LogP contribution in [0.15, 0.2) is 54.7 Å². The Morgan fingerprint density at radius 3 is 2.39 bits per heavy atom. The number of amides is 1. The molecule has 5 nitrogen and oxygen atoms in total. The number of pyridine rings is 1. The van der Waals surface area contributed by atoms with Crippen LogP contribution in [0.5, 0.6) is 0 Å². The molecule has 1 fully saturated rings. The Hall–Kier alpha value is -3.08. The zero-order valence-electron chi connectivity index (χ0n) is 18.6. The number of nitrogens with zero attached hydrogens (tertiary/aromatic N) is 3. The van der Waals surface area contributed by atoms with Crippen LogP contribution >= 0.6 is 0 Å². The SMILES string of the molecule is Cc1cc(C(=O)NCc2ccc(N3CCCCCC3)nc2)c(C)n1Cc1ccccc1. The highest BCUT2D eigenvalue weighted by atomic mass is 16.1. The first-order valence-corrected chi connectivity index (χ1v) is 11.3. The molecule has 0 atom stereocenters. The molecule has 5 heteroatoms. The van der Waals surface area contributed by atoms with Gasteiger partial charge in [-0.1, -0.05) is 49.2 Å². The van der Waals surface area contributed by atoms with Gasteiger partial charge in [0.05, 0.1) is 5.56 Å². The lowest BCUT2D eigenvalue weighted by atomic mass is 10.2. The number of carbonyl (C=O) groups excluding carboxylic acids is 1. The van der Waals surface area contributed by atoms with E-state index in [1.165, 1.54) is 31.2 Å². The second kappa shape index (κ2) is 9.82. The van der Waals surface area contributed by atoms with Crippen molar-refractivity contribution < 1.29 is 4.79 Å². The highest BCUT2D eigenvalue weighted by molar-refractivity contribution is 5.95. The Kier molecular flexibility index (Phi) is 6.70. The van der Waals surface area contributed by atoms with Gasteiger partial charge in [0.15, 0.2) is 0 Å². The lowest BCUT2D eigenvalue weighted by Crippen LogP contribution is -2.25. The van der Waals surface area contributed by atoms with Crippen molar-refractivity contribution in [3.63, 3.8) is 0 Å². The minimum atomic E-state index is -0.0380. The van der Waals surface area contributed by atoms with Crippen molar-refractivity contribution in [2.75, 3.05) is 18.0 Å². The minimum Gasteiger partial charge on any atom is -0.357 e. The van der Waals surface area contributed by atoms with Gasteiger partial charge in [0, 0.05) is 43.8 Å². The first-order chi connectivity index (χ1) is 15.1. The second-order valence-corrected chi connectivity index (χ2v) is 8.47. The van der Waals surface area contributed by atoms with E-state index in [2.05, 4.69) is 51.0 Å². The van der Waals surface area contributed by atoms with Gasteiger partial charge in [0.25, 0.3) is 5.91 Å². The molecule has 31 heavy (non-hydrogen) atoms. The maximum atomic E-state index is 12.9. The van der Waals surface area contributed by atoms with E-state index in [4.69, 9.17) is 0 Å². The zero-order valence-corrected chi connectivity index (χ0v) is 18.6. The van der Waals surface area contributed by atoms with Crippen molar-refractivity contribution >= 4 is 11.7 Å². The van der Waals surface area contributed by atoms with Crippen LogP contribution in [0.3, 0.4) is 0 Å². The third-order valence-corrected chi connectivity index (χ3v) is 6.19. The lowest BCUT2D eigenvalue weighted by Gasteiger charge is -2.21. The number of aromatic nitrogens is 2. The summed E-state index contributed by atoms with van der Waals surface area (Å²) in [6, 6.07) is 16.5. The van der Waals surface area contributed by atoms with Crippen LogP contribution in [0.2, 0.25) is 0 Å². The summed E-state index contributed by atoms with van der Waals surface area (Å²) in [5.74, 6) is 1.01. The third kappa shape index (κ3) is 5.16. The molecule has 0 saturated carbocycles. The van der Waals surface area contributed by atoms with Crippen LogP contribution in [0.4, 0.5) is 5.82 Å². The summed E-state index contributed by atoms with van der Waals surface area (Å²) in [7, 11) is 0. The second-order valence-electron chi connectivity index (χ2n) is 8.47. The summed E-state index contributed by atoms with van der Waals surface area (Å²) < 4.78 is 2.20. The molecule has 0 spiro atoms. The van der Waals surface area contributed by atoms with Crippen LogP contribution < -0.4 is 10.2 Å². The van der Waals surface area contributed by atoms with Crippen LogP contribution in [0, 0.1) is 13.8 Å². The highest BCUT2D eigenvalue weighted by Gasteiger charge is 2.16. The van der Waals surface area contributed by atoms with E-state index < -0.39 is 0 Å². The van der Waals surface area contributed by atoms with Gasteiger partial charge in [0.1, 0.15) is 5.82 Å². The molecule has 4 rings (SSSR count). The predicted octanol–water partition coefficient (Wildman–Crippen LogP) is 4.86. The Labute approximate surface area is 185 Å². The molecule has 3 aromatic rings. The van der Waals surface area contributed by atoms with Crippen molar-refractivity contribution in [1.29, 1.82) is 0 Å². The fourth-order valence-corrected chi connectivity index (χ4v) is 4.33. The van der Waals surface area contributed by atoms with E-state index in [0.717, 1.165) is 48.0 Å². The smallest absolute Gasteiger partial charge is 0.253 e. The molecule has 0 radical (unpaired) electrons. The summed E-state index contributed by atoms with van der Waals surface area (Å²) in [5.41, 5.74) is 5.07. The number of carbonyl (C=O) groups is 1. The molecule has 0 aliphatic carbocycles. The maximum absolute atomic E-state index is 12.9. The van der Waals surface area contributed by atoms with Crippen molar-refractivity contribution in [1.82, 2.24) is 14.9 Å². The van der Waals surface area contributed by atoms with Crippen molar-refractivity contribution in [2.24, 2.45) is 0 Å². The number of hydrogen-bond acceptors (Lipinski definition) is 3. The van der Waals surface area contributed by atoms with Crippen molar-refractivity contribution in [3.05, 3.63) is 82.8 Å². The van der Waals surface area contributed by atoms with Crippen LogP contribution in [-0.2, 0) is 13.1 Å². The molecule has 2 aromatic heterocycles. The molecular formula is C26H32N4O. The molecule has 1 aliphatic heterocycles. The van der Waals surface area contributed by atoms with E-state index in [1.807, 2.05) is 37.4 Å². The maximum Gasteiger partial charge on any atom is 0.253 e. The number of hydrogen-bond donors (Lipinski definition) is 1. The molecule has 1 aromatic carbocycles. The Morgan fingerprint density at radius 2 is 1.71 bits per heavy atom. The van der Waals surface area contributed by atoms with Crippen LogP contribution in [0.25, 0.3) is 0 Å². The van der Waals surface area contributed by atoms with E-state index in [0.29, 0.717) is 6.54 Å². The Balaban J connectivity index is 1.38. The fraction of sp³-hybridized carbons (Fsp3) is 0.385. The zero-order chi connectivity index (χ0) is 21.6. The minimum absolute atomic E-state index is 0.0380. The number of aryl methyl sites for hydroxylation is 1. The summed E-state index contributed by atoms with van der Waals surface area (Å²) >= 11 is 0. The van der Waals surface area contributed by atoms with Gasteiger partial charge in [-0.15, -0.1) is 0 Å². The van der Waals surface area contributed by atoms with Gasteiger partial charge in [-0.25, -0.2) is 4.98 Å². The summed E-state index contributed by atoms with van der Waals surface area (Å²) in [4.78, 5) is 19.9.